The molecule has 1 rings (SSSR count). The largest absolute Gasteiger partial charge is 0.374 e. The van der Waals surface area contributed by atoms with Gasteiger partial charge in [0.05, 0.1) is 5.69 Å². The lowest BCUT2D eigenvalue weighted by Gasteiger charge is -2.04. The smallest absolute Gasteiger partial charge is 0.154 e. The number of ether oxygens (including phenoxy) is 1. The summed E-state index contributed by atoms with van der Waals surface area (Å²) in [5.41, 5.74) is 1.02. The van der Waals surface area contributed by atoms with Crippen molar-refractivity contribution in [1.29, 1.82) is 0 Å². The molecule has 0 bridgehead atoms. The summed E-state index contributed by atoms with van der Waals surface area (Å²) < 4.78 is 5.25. The zero-order valence-electron chi connectivity index (χ0n) is 9.49. The molecule has 0 aromatic carbocycles. The molecule has 0 amide bonds. The Morgan fingerprint density at radius 1 is 1.40 bits per heavy atom. The number of rotatable bonds is 7. The van der Waals surface area contributed by atoms with Crippen LogP contribution < -0.4 is 5.32 Å². The number of hydrogen-bond donors (Lipinski definition) is 1. The van der Waals surface area contributed by atoms with Crippen LogP contribution in [0.4, 0.5) is 0 Å². The van der Waals surface area contributed by atoms with Crippen molar-refractivity contribution in [3.8, 4) is 0 Å². The van der Waals surface area contributed by atoms with Crippen LogP contribution >= 0.6 is 0 Å². The first-order valence-corrected chi connectivity index (χ1v) is 5.46. The van der Waals surface area contributed by atoms with Gasteiger partial charge in [0.2, 0.25) is 0 Å². The van der Waals surface area contributed by atoms with Crippen molar-refractivity contribution in [2.75, 3.05) is 13.2 Å². The molecular weight excluding hydrogens is 190 g/mol. The average Bonchev–Trinajstić information content (AvgIpc) is 2.27. The molecule has 0 aliphatic heterocycles. The Balaban J connectivity index is 2.42. The van der Waals surface area contributed by atoms with Gasteiger partial charge in [0.25, 0.3) is 0 Å². The molecule has 0 radical (unpaired) electrons. The molecule has 0 saturated heterocycles. The lowest BCUT2D eigenvalue weighted by Crippen LogP contribution is -2.15. The molecule has 1 aromatic rings. The van der Waals surface area contributed by atoms with Crippen molar-refractivity contribution in [2.24, 2.45) is 0 Å². The molecule has 1 aromatic heterocycles. The molecule has 15 heavy (non-hydrogen) atoms. The van der Waals surface area contributed by atoms with E-state index >= 15 is 0 Å². The summed E-state index contributed by atoms with van der Waals surface area (Å²) in [5, 5.41) is 3.30. The maximum atomic E-state index is 5.25. The number of hydrogen-bond acceptors (Lipinski definition) is 4. The van der Waals surface area contributed by atoms with Crippen LogP contribution in [0.15, 0.2) is 12.3 Å². The van der Waals surface area contributed by atoms with Gasteiger partial charge in [0, 0.05) is 19.3 Å². The van der Waals surface area contributed by atoms with Gasteiger partial charge in [-0.05, 0) is 26.0 Å². The quantitative estimate of drug-likeness (QED) is 0.691. The number of nitrogens with one attached hydrogen (secondary N) is 1. The first kappa shape index (κ1) is 12.1. The van der Waals surface area contributed by atoms with Gasteiger partial charge in [-0.2, -0.15) is 0 Å². The van der Waals surface area contributed by atoms with E-state index in [0.29, 0.717) is 13.2 Å². The van der Waals surface area contributed by atoms with Crippen LogP contribution in [-0.4, -0.2) is 23.1 Å². The molecular formula is C11H19N3O. The standard InChI is InChI=1S/C11H19N3O/c1-3-6-12-8-10-5-7-13-11(14-10)9-15-4-2/h5,7,12H,3-4,6,8-9H2,1-2H3. The second-order valence-electron chi connectivity index (χ2n) is 3.28. The maximum absolute atomic E-state index is 5.25. The minimum atomic E-state index is 0.498. The summed E-state index contributed by atoms with van der Waals surface area (Å²) >= 11 is 0. The van der Waals surface area contributed by atoms with Gasteiger partial charge < -0.3 is 10.1 Å². The molecule has 0 atom stereocenters. The third kappa shape index (κ3) is 4.85. The second kappa shape index (κ2) is 7.31. The highest BCUT2D eigenvalue weighted by atomic mass is 16.5. The van der Waals surface area contributed by atoms with E-state index in [0.717, 1.165) is 31.0 Å². The van der Waals surface area contributed by atoms with Crippen LogP contribution in [0.25, 0.3) is 0 Å². The van der Waals surface area contributed by atoms with Gasteiger partial charge in [-0.25, -0.2) is 9.97 Å². The predicted molar refractivity (Wildman–Crippen MR) is 59.4 cm³/mol. The van der Waals surface area contributed by atoms with Crippen LogP contribution in [0.5, 0.6) is 0 Å². The molecule has 0 unspecified atom stereocenters. The molecule has 0 aliphatic carbocycles. The summed E-state index contributed by atoms with van der Waals surface area (Å²) in [6, 6.07) is 1.93. The summed E-state index contributed by atoms with van der Waals surface area (Å²) in [4.78, 5) is 8.52. The normalized spacial score (nSPS) is 10.5. The summed E-state index contributed by atoms with van der Waals surface area (Å²) in [6.07, 6.45) is 2.92. The van der Waals surface area contributed by atoms with Crippen LogP contribution in [0.3, 0.4) is 0 Å². The van der Waals surface area contributed by atoms with E-state index in [9.17, 15) is 0 Å². The van der Waals surface area contributed by atoms with Gasteiger partial charge in [-0.1, -0.05) is 6.92 Å². The van der Waals surface area contributed by atoms with Crippen molar-refractivity contribution in [3.05, 3.63) is 23.8 Å². The van der Waals surface area contributed by atoms with E-state index in [-0.39, 0.29) is 0 Å². The molecule has 84 valence electrons. The fourth-order valence-electron chi connectivity index (χ4n) is 1.20. The molecule has 0 saturated carbocycles. The third-order valence-electron chi connectivity index (χ3n) is 1.93. The Kier molecular flexibility index (Phi) is 5.88. The van der Waals surface area contributed by atoms with Crippen molar-refractivity contribution < 1.29 is 4.74 Å². The zero-order valence-corrected chi connectivity index (χ0v) is 9.49. The fourth-order valence-corrected chi connectivity index (χ4v) is 1.20. The highest BCUT2D eigenvalue weighted by molar-refractivity contribution is 5.01. The van der Waals surface area contributed by atoms with Crippen LogP contribution in [-0.2, 0) is 17.9 Å². The molecule has 0 aliphatic rings. The number of aromatic nitrogens is 2. The van der Waals surface area contributed by atoms with E-state index in [1.54, 1.807) is 6.20 Å². The average molecular weight is 209 g/mol. The minimum Gasteiger partial charge on any atom is -0.374 e. The highest BCUT2D eigenvalue weighted by Crippen LogP contribution is 1.97. The van der Waals surface area contributed by atoms with Crippen molar-refractivity contribution in [1.82, 2.24) is 15.3 Å². The van der Waals surface area contributed by atoms with Crippen LogP contribution in [0.1, 0.15) is 31.8 Å². The third-order valence-corrected chi connectivity index (χ3v) is 1.93. The Morgan fingerprint density at radius 3 is 3.00 bits per heavy atom. The topological polar surface area (TPSA) is 47.0 Å². The SMILES string of the molecule is CCCNCc1ccnc(COCC)n1. The van der Waals surface area contributed by atoms with Gasteiger partial charge in [-0.15, -0.1) is 0 Å². The van der Waals surface area contributed by atoms with E-state index in [1.165, 1.54) is 0 Å². The van der Waals surface area contributed by atoms with Crippen LogP contribution in [0, 0.1) is 0 Å². The predicted octanol–water partition coefficient (Wildman–Crippen LogP) is 1.51. The molecule has 4 heteroatoms. The highest BCUT2D eigenvalue weighted by Gasteiger charge is 1.98. The lowest BCUT2D eigenvalue weighted by atomic mass is 10.4. The molecule has 0 fully saturated rings. The van der Waals surface area contributed by atoms with Gasteiger partial charge in [0.1, 0.15) is 6.61 Å². The molecule has 1 N–H and O–H groups in total. The fraction of sp³-hybridized carbons (Fsp3) is 0.636. The lowest BCUT2D eigenvalue weighted by molar-refractivity contribution is 0.128. The first-order chi connectivity index (χ1) is 7.36. The van der Waals surface area contributed by atoms with E-state index in [4.69, 9.17) is 4.74 Å². The summed E-state index contributed by atoms with van der Waals surface area (Å²) in [7, 11) is 0. The van der Waals surface area contributed by atoms with E-state index < -0.39 is 0 Å². The van der Waals surface area contributed by atoms with Gasteiger partial charge in [0.15, 0.2) is 5.82 Å². The Bertz CT molecular complexity index is 278. The van der Waals surface area contributed by atoms with Crippen molar-refractivity contribution in [3.63, 3.8) is 0 Å². The van der Waals surface area contributed by atoms with Crippen molar-refractivity contribution in [2.45, 2.75) is 33.4 Å². The van der Waals surface area contributed by atoms with Gasteiger partial charge >= 0.3 is 0 Å². The van der Waals surface area contributed by atoms with Crippen molar-refractivity contribution >= 4 is 0 Å². The first-order valence-electron chi connectivity index (χ1n) is 5.46. The second-order valence-corrected chi connectivity index (χ2v) is 3.28. The monoisotopic (exact) mass is 209 g/mol. The summed E-state index contributed by atoms with van der Waals surface area (Å²) in [6.45, 7) is 7.13. The Hall–Kier alpha value is -1.00. The Morgan fingerprint density at radius 2 is 2.27 bits per heavy atom. The molecule has 4 nitrogen and oxygen atoms in total. The van der Waals surface area contributed by atoms with Crippen LogP contribution in [0.2, 0.25) is 0 Å². The van der Waals surface area contributed by atoms with E-state index in [1.807, 2.05) is 13.0 Å². The summed E-state index contributed by atoms with van der Waals surface area (Å²) in [5.74, 6) is 0.757. The minimum absolute atomic E-state index is 0.498. The zero-order chi connectivity index (χ0) is 10.9. The molecule has 0 spiro atoms. The van der Waals surface area contributed by atoms with E-state index in [2.05, 4.69) is 22.2 Å². The molecule has 1 heterocycles. The Labute approximate surface area is 91.1 Å². The van der Waals surface area contributed by atoms with Gasteiger partial charge in [-0.3, -0.25) is 0 Å². The number of nitrogens with zero attached hydrogens (tertiary/aromatic N) is 2. The maximum Gasteiger partial charge on any atom is 0.154 e.